The number of hydrogen-bond acceptors (Lipinski definition) is 3. The molecule has 3 N–H and O–H groups in total. The van der Waals surface area contributed by atoms with Crippen LogP contribution in [-0.2, 0) is 6.54 Å². The van der Waals surface area contributed by atoms with Gasteiger partial charge in [0.05, 0.1) is 5.69 Å². The molecule has 3 nitrogen and oxygen atoms in total. The molecule has 0 aliphatic carbocycles. The summed E-state index contributed by atoms with van der Waals surface area (Å²) in [6.45, 7) is 2.24. The number of hydrogen-bond donors (Lipinski definition) is 2. The minimum atomic E-state index is 0. The van der Waals surface area contributed by atoms with Crippen LogP contribution in [0, 0.1) is 0 Å². The Bertz CT molecular complexity index is 245. The van der Waals surface area contributed by atoms with E-state index in [-0.39, 0.29) is 12.4 Å². The van der Waals surface area contributed by atoms with Crippen LogP contribution in [0.15, 0.2) is 22.8 Å². The fraction of sp³-hybridized carbons (Fsp3) is 0.375. The number of nitrogens with zero attached hydrogens (tertiary/aromatic N) is 1. The van der Waals surface area contributed by atoms with E-state index in [1.165, 1.54) is 0 Å². The molecule has 1 rings (SSSR count). The van der Waals surface area contributed by atoms with Crippen LogP contribution in [-0.4, -0.2) is 18.1 Å². The maximum absolute atomic E-state index is 5.34. The molecular weight excluding hydrogens is 253 g/mol. The van der Waals surface area contributed by atoms with E-state index in [4.69, 9.17) is 5.73 Å². The lowest BCUT2D eigenvalue weighted by atomic mass is 10.3. The second-order valence-corrected chi connectivity index (χ2v) is 3.25. The minimum absolute atomic E-state index is 0. The largest absolute Gasteiger partial charge is 0.329 e. The maximum Gasteiger partial charge on any atom is 0.0683 e. The van der Waals surface area contributed by atoms with Gasteiger partial charge in [-0.1, -0.05) is 0 Å². The zero-order chi connectivity index (χ0) is 8.81. The fourth-order valence-corrected chi connectivity index (χ4v) is 1.25. The standard InChI is InChI=1S/C8H12BrN3.ClH/c9-7-2-1-4-12-8(7)6-11-5-3-10;/h1-2,4,11H,3,5-6,10H2;1H. The Morgan fingerprint density at radius 2 is 2.31 bits per heavy atom. The second-order valence-electron chi connectivity index (χ2n) is 2.40. The van der Waals surface area contributed by atoms with Crippen LogP contribution in [0.25, 0.3) is 0 Å². The number of aromatic nitrogens is 1. The van der Waals surface area contributed by atoms with Gasteiger partial charge in [-0.05, 0) is 28.1 Å². The zero-order valence-electron chi connectivity index (χ0n) is 7.16. The molecule has 0 saturated heterocycles. The van der Waals surface area contributed by atoms with Gasteiger partial charge in [-0.25, -0.2) is 0 Å². The summed E-state index contributed by atoms with van der Waals surface area (Å²) in [5.74, 6) is 0. The van der Waals surface area contributed by atoms with Gasteiger partial charge in [-0.15, -0.1) is 12.4 Å². The molecule has 0 fully saturated rings. The van der Waals surface area contributed by atoms with Crippen LogP contribution >= 0.6 is 28.3 Å². The molecule has 0 spiro atoms. The Hall–Kier alpha value is -0.160. The molecule has 0 aliphatic heterocycles. The second kappa shape index (κ2) is 7.26. The van der Waals surface area contributed by atoms with Gasteiger partial charge in [0.25, 0.3) is 0 Å². The van der Waals surface area contributed by atoms with Crippen LogP contribution < -0.4 is 11.1 Å². The number of nitrogens with one attached hydrogen (secondary N) is 1. The molecule has 5 heteroatoms. The average molecular weight is 267 g/mol. The molecule has 0 amide bonds. The first-order valence-electron chi connectivity index (χ1n) is 3.85. The van der Waals surface area contributed by atoms with Crippen LogP contribution in [0.1, 0.15) is 5.69 Å². The van der Waals surface area contributed by atoms with E-state index >= 15 is 0 Å². The van der Waals surface area contributed by atoms with Crippen LogP contribution in [0.3, 0.4) is 0 Å². The van der Waals surface area contributed by atoms with Crippen LogP contribution in [0.4, 0.5) is 0 Å². The van der Waals surface area contributed by atoms with Gasteiger partial charge in [-0.2, -0.15) is 0 Å². The summed E-state index contributed by atoms with van der Waals surface area (Å²) in [4.78, 5) is 4.20. The van der Waals surface area contributed by atoms with Gasteiger partial charge in [0.15, 0.2) is 0 Å². The van der Waals surface area contributed by atoms with Crippen molar-refractivity contribution >= 4 is 28.3 Å². The van der Waals surface area contributed by atoms with E-state index in [9.17, 15) is 0 Å². The first-order valence-corrected chi connectivity index (χ1v) is 4.64. The molecule has 0 atom stereocenters. The van der Waals surface area contributed by atoms with Gasteiger partial charge in [-0.3, -0.25) is 4.98 Å². The molecule has 0 bridgehead atoms. The Balaban J connectivity index is 0.00000144. The van der Waals surface area contributed by atoms with Gasteiger partial charge < -0.3 is 11.1 Å². The van der Waals surface area contributed by atoms with Gasteiger partial charge >= 0.3 is 0 Å². The Labute approximate surface area is 92.7 Å². The Kier molecular flexibility index (Phi) is 7.17. The normalized spacial score (nSPS) is 9.38. The minimum Gasteiger partial charge on any atom is -0.329 e. The molecule has 0 saturated carbocycles. The lowest BCUT2D eigenvalue weighted by Crippen LogP contribution is -2.22. The first-order chi connectivity index (χ1) is 5.84. The van der Waals surface area contributed by atoms with E-state index in [0.717, 1.165) is 23.3 Å². The number of rotatable bonds is 4. The summed E-state index contributed by atoms with van der Waals surface area (Å²) in [5, 5.41) is 3.17. The predicted octanol–water partition coefficient (Wildman–Crippen LogP) is 1.31. The lowest BCUT2D eigenvalue weighted by Gasteiger charge is -2.03. The van der Waals surface area contributed by atoms with E-state index in [1.807, 2.05) is 12.1 Å². The molecule has 74 valence electrons. The number of pyridine rings is 1. The maximum atomic E-state index is 5.34. The highest BCUT2D eigenvalue weighted by molar-refractivity contribution is 9.10. The third-order valence-corrected chi connectivity index (χ3v) is 2.17. The van der Waals surface area contributed by atoms with Crippen molar-refractivity contribution in [3.8, 4) is 0 Å². The number of halogens is 2. The third-order valence-electron chi connectivity index (χ3n) is 1.45. The average Bonchev–Trinajstić information content (AvgIpc) is 2.09. The van der Waals surface area contributed by atoms with E-state index in [2.05, 4.69) is 26.2 Å². The number of nitrogens with two attached hydrogens (primary N) is 1. The molecule has 1 aromatic heterocycles. The quantitative estimate of drug-likeness (QED) is 0.808. The highest BCUT2D eigenvalue weighted by Crippen LogP contribution is 2.12. The van der Waals surface area contributed by atoms with Crippen molar-refractivity contribution in [3.05, 3.63) is 28.5 Å². The van der Waals surface area contributed by atoms with Crippen molar-refractivity contribution < 1.29 is 0 Å². The highest BCUT2D eigenvalue weighted by Gasteiger charge is 1.97. The van der Waals surface area contributed by atoms with Gasteiger partial charge in [0.1, 0.15) is 0 Å². The molecule has 0 aliphatic rings. The van der Waals surface area contributed by atoms with E-state index < -0.39 is 0 Å². The molecule has 1 aromatic rings. The zero-order valence-corrected chi connectivity index (χ0v) is 9.57. The van der Waals surface area contributed by atoms with Crippen molar-refractivity contribution in [2.45, 2.75) is 6.54 Å². The van der Waals surface area contributed by atoms with Crippen molar-refractivity contribution in [2.24, 2.45) is 5.73 Å². The third kappa shape index (κ3) is 4.57. The Morgan fingerprint density at radius 1 is 1.54 bits per heavy atom. The summed E-state index contributed by atoms with van der Waals surface area (Å²) in [6.07, 6.45) is 1.78. The smallest absolute Gasteiger partial charge is 0.0683 e. The molecule has 0 unspecified atom stereocenters. The predicted molar refractivity (Wildman–Crippen MR) is 59.9 cm³/mol. The topological polar surface area (TPSA) is 50.9 Å². The highest BCUT2D eigenvalue weighted by atomic mass is 79.9. The summed E-state index contributed by atoms with van der Waals surface area (Å²) in [5.41, 5.74) is 6.36. The first kappa shape index (κ1) is 12.8. The van der Waals surface area contributed by atoms with Crippen molar-refractivity contribution in [2.75, 3.05) is 13.1 Å². The van der Waals surface area contributed by atoms with Crippen LogP contribution in [0.5, 0.6) is 0 Å². The summed E-state index contributed by atoms with van der Waals surface area (Å²) in [7, 11) is 0. The molecular formula is C8H13BrClN3. The fourth-order valence-electron chi connectivity index (χ4n) is 0.857. The summed E-state index contributed by atoms with van der Waals surface area (Å²) in [6, 6.07) is 3.88. The lowest BCUT2D eigenvalue weighted by molar-refractivity contribution is 0.680. The van der Waals surface area contributed by atoms with E-state index in [1.54, 1.807) is 6.20 Å². The summed E-state index contributed by atoms with van der Waals surface area (Å²) >= 11 is 3.41. The monoisotopic (exact) mass is 265 g/mol. The molecule has 1 heterocycles. The SMILES string of the molecule is Cl.NCCNCc1ncccc1Br. The van der Waals surface area contributed by atoms with E-state index in [0.29, 0.717) is 6.54 Å². The molecule has 0 aromatic carbocycles. The van der Waals surface area contributed by atoms with Crippen molar-refractivity contribution in [1.82, 2.24) is 10.3 Å². The molecule has 0 radical (unpaired) electrons. The summed E-state index contributed by atoms with van der Waals surface area (Å²) < 4.78 is 1.04. The Morgan fingerprint density at radius 3 is 2.92 bits per heavy atom. The van der Waals surface area contributed by atoms with Crippen LogP contribution in [0.2, 0.25) is 0 Å². The van der Waals surface area contributed by atoms with Gasteiger partial charge in [0.2, 0.25) is 0 Å². The van der Waals surface area contributed by atoms with Crippen molar-refractivity contribution in [1.29, 1.82) is 0 Å². The van der Waals surface area contributed by atoms with Crippen molar-refractivity contribution in [3.63, 3.8) is 0 Å². The molecule has 13 heavy (non-hydrogen) atoms. The van der Waals surface area contributed by atoms with Gasteiger partial charge in [0, 0.05) is 30.3 Å².